The first-order valence-corrected chi connectivity index (χ1v) is 9.10. The van der Waals surface area contributed by atoms with E-state index in [0.717, 1.165) is 12.8 Å². The van der Waals surface area contributed by atoms with Gasteiger partial charge in [0.05, 0.1) is 0 Å². The second-order valence-corrected chi connectivity index (χ2v) is 7.51. The van der Waals surface area contributed by atoms with Crippen molar-refractivity contribution in [3.8, 4) is 0 Å². The molecule has 0 fully saturated rings. The van der Waals surface area contributed by atoms with Crippen molar-refractivity contribution in [3.05, 3.63) is 28.2 Å². The summed E-state index contributed by atoms with van der Waals surface area (Å²) < 4.78 is 24.2. The molecule has 2 aromatic heterocycles. The lowest BCUT2D eigenvalue weighted by Crippen LogP contribution is -2.08. The molecular formula is C11H14ClN3O2S2. The van der Waals surface area contributed by atoms with Crippen molar-refractivity contribution >= 4 is 31.1 Å². The Morgan fingerprint density at radius 3 is 2.74 bits per heavy atom. The van der Waals surface area contributed by atoms with Crippen LogP contribution in [0.1, 0.15) is 24.0 Å². The molecule has 0 atom stereocenters. The summed E-state index contributed by atoms with van der Waals surface area (Å²) in [7, 11) is 1.49. The minimum Gasteiger partial charge on any atom is -0.301 e. The van der Waals surface area contributed by atoms with E-state index in [0.29, 0.717) is 18.8 Å². The Bertz CT molecular complexity index is 635. The van der Waals surface area contributed by atoms with Crippen molar-refractivity contribution in [3.63, 3.8) is 0 Å². The Morgan fingerprint density at radius 1 is 1.37 bits per heavy atom. The summed E-state index contributed by atoms with van der Waals surface area (Å²) >= 11 is 1.72. The average molecular weight is 320 g/mol. The van der Waals surface area contributed by atoms with E-state index in [9.17, 15) is 8.42 Å². The van der Waals surface area contributed by atoms with Crippen molar-refractivity contribution in [2.45, 2.75) is 37.9 Å². The molecule has 2 aromatic rings. The minimum absolute atomic E-state index is 0.164. The number of hydrogen-bond donors (Lipinski definition) is 0. The molecular weight excluding hydrogens is 306 g/mol. The maximum Gasteiger partial charge on any atom is 0.296 e. The van der Waals surface area contributed by atoms with Gasteiger partial charge in [0, 0.05) is 28.5 Å². The number of rotatable bonds is 6. The molecule has 5 nitrogen and oxygen atoms in total. The molecule has 8 heteroatoms. The van der Waals surface area contributed by atoms with Gasteiger partial charge >= 0.3 is 0 Å². The van der Waals surface area contributed by atoms with Crippen LogP contribution in [0.25, 0.3) is 0 Å². The van der Waals surface area contributed by atoms with Crippen molar-refractivity contribution in [2.75, 3.05) is 0 Å². The zero-order valence-electron chi connectivity index (χ0n) is 10.4. The Kier molecular flexibility index (Phi) is 4.59. The highest BCUT2D eigenvalue weighted by Gasteiger charge is 2.21. The van der Waals surface area contributed by atoms with Crippen LogP contribution in [0.15, 0.2) is 22.7 Å². The van der Waals surface area contributed by atoms with Crippen LogP contribution in [0, 0.1) is 0 Å². The maximum absolute atomic E-state index is 11.3. The van der Waals surface area contributed by atoms with Crippen molar-refractivity contribution in [1.82, 2.24) is 14.8 Å². The van der Waals surface area contributed by atoms with Crippen LogP contribution in [0.3, 0.4) is 0 Å². The van der Waals surface area contributed by atoms with Gasteiger partial charge in [-0.2, -0.15) is 0 Å². The smallest absolute Gasteiger partial charge is 0.296 e. The molecule has 0 aliphatic carbocycles. The molecule has 0 saturated heterocycles. The number of thiophene rings is 1. The first kappa shape index (κ1) is 14.5. The van der Waals surface area contributed by atoms with Gasteiger partial charge in [0.25, 0.3) is 14.2 Å². The molecule has 0 aromatic carbocycles. The lowest BCUT2D eigenvalue weighted by atomic mass is 10.2. The molecule has 0 radical (unpaired) electrons. The Labute approximate surface area is 120 Å². The van der Waals surface area contributed by atoms with Gasteiger partial charge in [0.1, 0.15) is 5.82 Å². The molecule has 104 valence electrons. The monoisotopic (exact) mass is 319 g/mol. The van der Waals surface area contributed by atoms with E-state index in [-0.39, 0.29) is 5.16 Å². The highest BCUT2D eigenvalue weighted by Crippen LogP contribution is 2.16. The zero-order chi connectivity index (χ0) is 13.9. The molecule has 0 spiro atoms. The summed E-state index contributed by atoms with van der Waals surface area (Å²) in [6, 6.07) is 4.11. The van der Waals surface area contributed by atoms with Gasteiger partial charge in [0.2, 0.25) is 0 Å². The predicted octanol–water partition coefficient (Wildman–Crippen LogP) is 2.46. The van der Waals surface area contributed by atoms with Crippen LogP contribution in [0.5, 0.6) is 0 Å². The van der Waals surface area contributed by atoms with E-state index in [1.807, 2.05) is 18.4 Å². The number of hydrogen-bond acceptors (Lipinski definition) is 5. The van der Waals surface area contributed by atoms with Gasteiger partial charge in [-0.25, -0.2) is 8.42 Å². The van der Waals surface area contributed by atoms with E-state index < -0.39 is 9.05 Å². The summed E-state index contributed by atoms with van der Waals surface area (Å²) in [6.07, 6.45) is 2.54. The normalized spacial score (nSPS) is 11.9. The average Bonchev–Trinajstić information content (AvgIpc) is 2.96. The molecule has 2 heterocycles. The van der Waals surface area contributed by atoms with E-state index in [2.05, 4.69) is 16.3 Å². The zero-order valence-corrected chi connectivity index (χ0v) is 12.8. The topological polar surface area (TPSA) is 64.8 Å². The van der Waals surface area contributed by atoms with E-state index in [1.165, 1.54) is 4.88 Å². The molecule has 0 saturated carbocycles. The molecule has 0 bridgehead atoms. The third-order valence-electron chi connectivity index (χ3n) is 2.73. The quantitative estimate of drug-likeness (QED) is 0.767. The van der Waals surface area contributed by atoms with Gasteiger partial charge in [-0.05, 0) is 31.2 Å². The fourth-order valence-electron chi connectivity index (χ4n) is 1.88. The fourth-order valence-corrected chi connectivity index (χ4v) is 3.61. The van der Waals surface area contributed by atoms with Crippen molar-refractivity contribution in [2.24, 2.45) is 0 Å². The lowest BCUT2D eigenvalue weighted by Gasteiger charge is -2.05. The Morgan fingerprint density at radius 2 is 2.16 bits per heavy atom. The van der Waals surface area contributed by atoms with E-state index in [1.54, 1.807) is 15.9 Å². The number of aryl methyl sites for hydroxylation is 2. The van der Waals surface area contributed by atoms with Crippen molar-refractivity contribution in [1.29, 1.82) is 0 Å². The van der Waals surface area contributed by atoms with Crippen LogP contribution in [0.4, 0.5) is 0 Å². The molecule has 0 aliphatic heterocycles. The van der Waals surface area contributed by atoms with E-state index >= 15 is 0 Å². The van der Waals surface area contributed by atoms with Crippen molar-refractivity contribution < 1.29 is 8.42 Å². The molecule has 2 rings (SSSR count). The third kappa shape index (κ3) is 3.55. The first-order valence-electron chi connectivity index (χ1n) is 5.91. The SMILES string of the molecule is CCn1c(CCCc2cccs2)nnc1S(=O)(=O)Cl. The predicted molar refractivity (Wildman–Crippen MR) is 75.1 cm³/mol. The molecule has 0 aliphatic rings. The largest absolute Gasteiger partial charge is 0.301 e. The van der Waals surface area contributed by atoms with Crippen LogP contribution >= 0.6 is 22.0 Å². The first-order chi connectivity index (χ1) is 9.02. The standard InChI is InChI=1S/C11H14ClN3O2S2/c1-2-15-10(13-14-11(15)19(12,16)17)7-3-5-9-6-4-8-18-9/h4,6,8H,2-3,5,7H2,1H3. The summed E-state index contributed by atoms with van der Waals surface area (Å²) in [5.74, 6) is 0.665. The minimum atomic E-state index is -3.83. The fraction of sp³-hybridized carbons (Fsp3) is 0.455. The van der Waals surface area contributed by atoms with Gasteiger partial charge in [0.15, 0.2) is 0 Å². The Hall–Kier alpha value is -0.920. The lowest BCUT2D eigenvalue weighted by molar-refractivity contribution is 0.572. The van der Waals surface area contributed by atoms with Crippen LogP contribution < -0.4 is 0 Å². The molecule has 0 N–H and O–H groups in total. The highest BCUT2D eigenvalue weighted by molar-refractivity contribution is 8.13. The maximum atomic E-state index is 11.3. The number of halogens is 1. The second kappa shape index (κ2) is 6.02. The summed E-state index contributed by atoms with van der Waals surface area (Å²) in [5.41, 5.74) is 0. The molecule has 0 unspecified atom stereocenters. The summed E-state index contributed by atoms with van der Waals surface area (Å²) in [5, 5.41) is 9.47. The second-order valence-electron chi connectivity index (χ2n) is 4.01. The van der Waals surface area contributed by atoms with Crippen LogP contribution in [-0.2, 0) is 28.4 Å². The summed E-state index contributed by atoms with van der Waals surface area (Å²) in [4.78, 5) is 1.31. The Balaban J connectivity index is 2.07. The number of aromatic nitrogens is 3. The molecule has 0 amide bonds. The van der Waals surface area contributed by atoms with Gasteiger partial charge in [-0.1, -0.05) is 6.07 Å². The summed E-state index contributed by atoms with van der Waals surface area (Å²) in [6.45, 7) is 2.33. The van der Waals surface area contributed by atoms with Crippen LogP contribution in [-0.4, -0.2) is 23.2 Å². The highest BCUT2D eigenvalue weighted by atomic mass is 35.7. The van der Waals surface area contributed by atoms with Gasteiger partial charge in [-0.15, -0.1) is 21.5 Å². The van der Waals surface area contributed by atoms with Gasteiger partial charge in [-0.3, -0.25) is 0 Å². The van der Waals surface area contributed by atoms with Crippen LogP contribution in [0.2, 0.25) is 0 Å². The van der Waals surface area contributed by atoms with E-state index in [4.69, 9.17) is 10.7 Å². The third-order valence-corrected chi connectivity index (χ3v) is 4.82. The number of nitrogens with zero attached hydrogens (tertiary/aromatic N) is 3. The molecule has 19 heavy (non-hydrogen) atoms. The van der Waals surface area contributed by atoms with Gasteiger partial charge < -0.3 is 4.57 Å².